The van der Waals surface area contributed by atoms with Gasteiger partial charge in [0.25, 0.3) is 5.91 Å². The van der Waals surface area contributed by atoms with E-state index < -0.39 is 24.0 Å². The summed E-state index contributed by atoms with van der Waals surface area (Å²) in [7, 11) is 0. The Bertz CT molecular complexity index is 481. The highest BCUT2D eigenvalue weighted by Gasteiger charge is 2.57. The van der Waals surface area contributed by atoms with Crippen molar-refractivity contribution < 1.29 is 18.3 Å². The zero-order valence-corrected chi connectivity index (χ0v) is 11.3. The Hall–Kier alpha value is -1.01. The van der Waals surface area contributed by atoms with Crippen molar-refractivity contribution in [2.45, 2.75) is 25.0 Å². The summed E-state index contributed by atoms with van der Waals surface area (Å²) in [5, 5.41) is 2.27. The molecule has 1 amide bonds. The summed E-state index contributed by atoms with van der Waals surface area (Å²) in [5.41, 5.74) is -0.941. The maximum Gasteiger partial charge on any atom is 0.329 e. The first-order valence-electron chi connectivity index (χ1n) is 5.50. The molecule has 0 aliphatic carbocycles. The van der Waals surface area contributed by atoms with E-state index in [0.29, 0.717) is 5.56 Å². The van der Waals surface area contributed by atoms with Crippen LogP contribution in [-0.2, 0) is 15.3 Å². The van der Waals surface area contributed by atoms with Gasteiger partial charge in [-0.15, -0.1) is 0 Å². The van der Waals surface area contributed by atoms with Crippen molar-refractivity contribution >= 4 is 21.8 Å². The lowest BCUT2D eigenvalue weighted by Gasteiger charge is -2.29. The van der Waals surface area contributed by atoms with Crippen molar-refractivity contribution in [2.75, 3.05) is 6.61 Å². The van der Waals surface area contributed by atoms with E-state index in [0.717, 1.165) is 4.47 Å². The van der Waals surface area contributed by atoms with E-state index >= 15 is 0 Å². The summed E-state index contributed by atoms with van der Waals surface area (Å²) >= 11 is 3.27. The van der Waals surface area contributed by atoms with Crippen molar-refractivity contribution in [1.29, 1.82) is 0 Å². The van der Waals surface area contributed by atoms with Crippen molar-refractivity contribution in [3.63, 3.8) is 0 Å². The number of alkyl halides is 2. The molecular formula is C12H12BrF2NO2. The fourth-order valence-corrected chi connectivity index (χ4v) is 2.44. The zero-order valence-electron chi connectivity index (χ0n) is 9.67. The predicted molar refractivity (Wildman–Crippen MR) is 65.2 cm³/mol. The van der Waals surface area contributed by atoms with E-state index in [1.54, 1.807) is 31.2 Å². The van der Waals surface area contributed by atoms with Gasteiger partial charge in [-0.25, -0.2) is 0 Å². The molecule has 1 saturated heterocycles. The first-order chi connectivity index (χ1) is 8.39. The van der Waals surface area contributed by atoms with Crippen molar-refractivity contribution in [3.8, 4) is 0 Å². The van der Waals surface area contributed by atoms with Crippen LogP contribution in [-0.4, -0.2) is 18.4 Å². The Kier molecular flexibility index (Phi) is 3.42. The average Bonchev–Trinajstić information content (AvgIpc) is 2.51. The molecule has 2 rings (SSSR count). The zero-order chi connectivity index (χ0) is 13.4. The highest BCUT2D eigenvalue weighted by atomic mass is 79.9. The number of carbonyl (C=O) groups is 1. The summed E-state index contributed by atoms with van der Waals surface area (Å²) in [6, 6.07) is 6.81. The molecule has 0 bridgehead atoms. The van der Waals surface area contributed by atoms with Gasteiger partial charge in [-0.1, -0.05) is 28.1 Å². The quantitative estimate of drug-likeness (QED) is 0.930. The molecule has 1 heterocycles. The molecule has 18 heavy (non-hydrogen) atoms. The molecule has 1 fully saturated rings. The second kappa shape index (κ2) is 4.59. The molecule has 1 aliphatic rings. The lowest BCUT2D eigenvalue weighted by atomic mass is 10.00. The summed E-state index contributed by atoms with van der Waals surface area (Å²) in [4.78, 5) is 11.3. The molecule has 1 aromatic carbocycles. The Morgan fingerprint density at radius 2 is 2.22 bits per heavy atom. The van der Waals surface area contributed by atoms with Crippen molar-refractivity contribution in [2.24, 2.45) is 0 Å². The molecule has 3 nitrogen and oxygen atoms in total. The van der Waals surface area contributed by atoms with Crippen LogP contribution >= 0.6 is 15.9 Å². The number of carbonyl (C=O) groups excluding carboxylic acids is 1. The van der Waals surface area contributed by atoms with Gasteiger partial charge in [-0.2, -0.15) is 8.78 Å². The summed E-state index contributed by atoms with van der Waals surface area (Å²) in [6.45, 7) is 1.92. The van der Waals surface area contributed by atoms with Crippen LogP contribution in [0.25, 0.3) is 0 Å². The van der Waals surface area contributed by atoms with Gasteiger partial charge in [0.15, 0.2) is 5.72 Å². The van der Waals surface area contributed by atoms with Crippen molar-refractivity contribution in [1.82, 2.24) is 5.32 Å². The lowest BCUT2D eigenvalue weighted by Crippen LogP contribution is -2.41. The van der Waals surface area contributed by atoms with Gasteiger partial charge in [0.1, 0.15) is 0 Å². The third kappa shape index (κ3) is 2.27. The van der Waals surface area contributed by atoms with Gasteiger partial charge in [0, 0.05) is 16.6 Å². The highest BCUT2D eigenvalue weighted by molar-refractivity contribution is 9.10. The minimum absolute atomic E-state index is 0.225. The van der Waals surface area contributed by atoms with Gasteiger partial charge in [-0.3, -0.25) is 4.79 Å². The van der Waals surface area contributed by atoms with Gasteiger partial charge in [0.05, 0.1) is 6.42 Å². The molecular weight excluding hydrogens is 308 g/mol. The van der Waals surface area contributed by atoms with E-state index in [2.05, 4.69) is 21.2 Å². The molecule has 98 valence electrons. The summed E-state index contributed by atoms with van der Waals surface area (Å²) < 4.78 is 33.0. The van der Waals surface area contributed by atoms with Gasteiger partial charge >= 0.3 is 5.92 Å². The van der Waals surface area contributed by atoms with Gasteiger partial charge in [-0.05, 0) is 19.1 Å². The fourth-order valence-electron chi connectivity index (χ4n) is 2.04. The van der Waals surface area contributed by atoms with Crippen LogP contribution < -0.4 is 5.32 Å². The first-order valence-corrected chi connectivity index (χ1v) is 6.29. The number of halogens is 3. The number of benzene rings is 1. The van der Waals surface area contributed by atoms with Gasteiger partial charge in [0.2, 0.25) is 0 Å². The molecule has 0 radical (unpaired) electrons. The maximum atomic E-state index is 13.4. The first kappa shape index (κ1) is 13.4. The summed E-state index contributed by atoms with van der Waals surface area (Å²) in [6.07, 6.45) is -0.691. The second-order valence-corrected chi connectivity index (χ2v) is 5.02. The number of amides is 1. The van der Waals surface area contributed by atoms with E-state index in [4.69, 9.17) is 4.74 Å². The van der Waals surface area contributed by atoms with Crippen LogP contribution in [0.3, 0.4) is 0 Å². The Morgan fingerprint density at radius 1 is 1.50 bits per heavy atom. The van der Waals surface area contributed by atoms with Crippen LogP contribution in [0.1, 0.15) is 18.9 Å². The number of nitrogens with one attached hydrogen (secondary N) is 1. The van der Waals surface area contributed by atoms with Crippen LogP contribution in [0.2, 0.25) is 0 Å². The van der Waals surface area contributed by atoms with E-state index in [9.17, 15) is 13.6 Å². The second-order valence-electron chi connectivity index (χ2n) is 4.11. The number of rotatable bonds is 3. The third-order valence-corrected chi connectivity index (χ3v) is 3.29. The molecule has 6 heteroatoms. The highest BCUT2D eigenvalue weighted by Crippen LogP contribution is 2.41. The molecule has 0 saturated carbocycles. The molecule has 1 aromatic rings. The SMILES string of the molecule is CCOC1(c2cccc(Br)c2)CC(F)(F)C(=O)N1. The minimum atomic E-state index is -3.41. The number of hydrogen-bond donors (Lipinski definition) is 1. The van der Waals surface area contributed by atoms with E-state index in [-0.39, 0.29) is 6.61 Å². The fraction of sp³-hybridized carbons (Fsp3) is 0.417. The Morgan fingerprint density at radius 3 is 2.72 bits per heavy atom. The topological polar surface area (TPSA) is 38.3 Å². The lowest BCUT2D eigenvalue weighted by molar-refractivity contribution is -0.139. The monoisotopic (exact) mass is 319 g/mol. The van der Waals surface area contributed by atoms with Crippen LogP contribution in [0.5, 0.6) is 0 Å². The predicted octanol–water partition coefficient (Wildman–Crippen LogP) is 2.79. The maximum absolute atomic E-state index is 13.4. The van der Waals surface area contributed by atoms with Crippen LogP contribution in [0, 0.1) is 0 Å². The van der Waals surface area contributed by atoms with E-state index in [1.165, 1.54) is 0 Å². The van der Waals surface area contributed by atoms with Crippen LogP contribution in [0.15, 0.2) is 28.7 Å². The Labute approximate surface area is 112 Å². The number of ether oxygens (including phenoxy) is 1. The summed E-state index contributed by atoms with van der Waals surface area (Å²) in [5.74, 6) is -4.70. The van der Waals surface area contributed by atoms with Crippen molar-refractivity contribution in [3.05, 3.63) is 34.3 Å². The minimum Gasteiger partial charge on any atom is -0.351 e. The Balaban J connectivity index is 2.44. The molecule has 1 unspecified atom stereocenters. The third-order valence-electron chi connectivity index (χ3n) is 2.80. The number of hydrogen-bond acceptors (Lipinski definition) is 2. The van der Waals surface area contributed by atoms with Gasteiger partial charge < -0.3 is 10.1 Å². The largest absolute Gasteiger partial charge is 0.351 e. The molecule has 1 aliphatic heterocycles. The van der Waals surface area contributed by atoms with Crippen LogP contribution in [0.4, 0.5) is 8.78 Å². The molecule has 1 N–H and O–H groups in total. The van der Waals surface area contributed by atoms with E-state index in [1.807, 2.05) is 0 Å². The normalized spacial score (nSPS) is 26.1. The molecule has 0 aromatic heterocycles. The molecule has 0 spiro atoms. The smallest absolute Gasteiger partial charge is 0.329 e. The average molecular weight is 320 g/mol. The standard InChI is InChI=1S/C12H12BrF2NO2/c1-2-18-12(7-11(14,15)10(17)16-12)8-4-3-5-9(13)6-8/h3-6H,2,7H2,1H3,(H,16,17). The molecule has 1 atom stereocenters.